The molecule has 0 aliphatic rings. The highest BCUT2D eigenvalue weighted by molar-refractivity contribution is 9.10. The standard InChI is InChI=1S/C12H17BrClNO/c1-12(2,15)6-8-4-10(13)9(7-16-3)11(14)5-8/h4-5H,6-7,15H2,1-3H3. The molecular weight excluding hydrogens is 289 g/mol. The molecule has 0 aliphatic heterocycles. The second-order valence-electron chi connectivity index (χ2n) is 4.64. The third kappa shape index (κ3) is 4.06. The number of halogens is 2. The second-order valence-corrected chi connectivity index (χ2v) is 5.90. The SMILES string of the molecule is COCc1c(Cl)cc(CC(C)(C)N)cc1Br. The van der Waals surface area contributed by atoms with E-state index in [4.69, 9.17) is 22.1 Å². The number of methoxy groups -OCH3 is 1. The van der Waals surface area contributed by atoms with Gasteiger partial charge in [-0.2, -0.15) is 0 Å². The van der Waals surface area contributed by atoms with Crippen molar-refractivity contribution in [2.24, 2.45) is 5.73 Å². The van der Waals surface area contributed by atoms with Gasteiger partial charge in [0.05, 0.1) is 6.61 Å². The maximum Gasteiger partial charge on any atom is 0.0738 e. The molecule has 0 atom stereocenters. The van der Waals surface area contributed by atoms with Crippen LogP contribution in [0.25, 0.3) is 0 Å². The first-order valence-corrected chi connectivity index (χ1v) is 6.25. The Morgan fingerprint density at radius 3 is 2.50 bits per heavy atom. The van der Waals surface area contributed by atoms with Crippen LogP contribution in [0.4, 0.5) is 0 Å². The largest absolute Gasteiger partial charge is 0.380 e. The molecule has 1 aromatic rings. The zero-order valence-corrected chi connectivity index (χ0v) is 12.2. The van der Waals surface area contributed by atoms with Crippen molar-refractivity contribution in [3.05, 3.63) is 32.8 Å². The first-order chi connectivity index (χ1) is 7.33. The number of hydrogen-bond donors (Lipinski definition) is 1. The Bertz CT molecular complexity index is 351. The monoisotopic (exact) mass is 305 g/mol. The van der Waals surface area contributed by atoms with E-state index in [1.165, 1.54) is 0 Å². The van der Waals surface area contributed by atoms with Gasteiger partial charge in [0.25, 0.3) is 0 Å². The lowest BCUT2D eigenvalue weighted by atomic mass is 9.96. The molecule has 0 saturated carbocycles. The molecule has 0 spiro atoms. The van der Waals surface area contributed by atoms with Crippen LogP contribution in [0.1, 0.15) is 25.0 Å². The van der Waals surface area contributed by atoms with E-state index in [-0.39, 0.29) is 5.54 Å². The van der Waals surface area contributed by atoms with Gasteiger partial charge in [-0.3, -0.25) is 0 Å². The number of rotatable bonds is 4. The molecule has 90 valence electrons. The van der Waals surface area contributed by atoms with Gasteiger partial charge in [-0.1, -0.05) is 27.5 Å². The van der Waals surface area contributed by atoms with Gasteiger partial charge >= 0.3 is 0 Å². The van der Waals surface area contributed by atoms with E-state index < -0.39 is 0 Å². The van der Waals surface area contributed by atoms with Crippen molar-refractivity contribution in [1.82, 2.24) is 0 Å². The summed E-state index contributed by atoms with van der Waals surface area (Å²) in [6, 6.07) is 4.00. The molecule has 4 heteroatoms. The lowest BCUT2D eigenvalue weighted by Gasteiger charge is -2.19. The maximum absolute atomic E-state index is 6.19. The summed E-state index contributed by atoms with van der Waals surface area (Å²) in [6.07, 6.45) is 0.790. The van der Waals surface area contributed by atoms with Gasteiger partial charge in [-0.15, -0.1) is 0 Å². The average molecular weight is 307 g/mol. The van der Waals surface area contributed by atoms with E-state index in [0.29, 0.717) is 6.61 Å². The van der Waals surface area contributed by atoms with Gasteiger partial charge in [0.1, 0.15) is 0 Å². The zero-order valence-electron chi connectivity index (χ0n) is 9.81. The Balaban J connectivity index is 3.00. The van der Waals surface area contributed by atoms with Crippen molar-refractivity contribution >= 4 is 27.5 Å². The van der Waals surface area contributed by atoms with Crippen molar-refractivity contribution in [2.75, 3.05) is 7.11 Å². The molecule has 0 saturated heterocycles. The summed E-state index contributed by atoms with van der Waals surface area (Å²) in [5, 5.41) is 0.718. The van der Waals surface area contributed by atoms with E-state index in [9.17, 15) is 0 Å². The molecule has 0 unspecified atom stereocenters. The van der Waals surface area contributed by atoms with E-state index in [1.54, 1.807) is 7.11 Å². The highest BCUT2D eigenvalue weighted by Crippen LogP contribution is 2.28. The van der Waals surface area contributed by atoms with Crippen molar-refractivity contribution in [1.29, 1.82) is 0 Å². The van der Waals surface area contributed by atoms with Gasteiger partial charge in [-0.05, 0) is 38.0 Å². The summed E-state index contributed by atoms with van der Waals surface area (Å²) in [5.41, 5.74) is 7.85. The van der Waals surface area contributed by atoms with Crippen molar-refractivity contribution in [3.63, 3.8) is 0 Å². The third-order valence-corrected chi connectivity index (χ3v) is 3.19. The Hall–Kier alpha value is -0.0900. The third-order valence-electron chi connectivity index (χ3n) is 2.15. The molecule has 2 nitrogen and oxygen atoms in total. The number of ether oxygens (including phenoxy) is 1. The topological polar surface area (TPSA) is 35.2 Å². The smallest absolute Gasteiger partial charge is 0.0738 e. The minimum absolute atomic E-state index is 0.231. The number of nitrogens with two attached hydrogens (primary N) is 1. The van der Waals surface area contributed by atoms with Gasteiger partial charge in [-0.25, -0.2) is 0 Å². The van der Waals surface area contributed by atoms with Crippen LogP contribution in [-0.4, -0.2) is 12.6 Å². The first-order valence-electron chi connectivity index (χ1n) is 5.08. The maximum atomic E-state index is 6.19. The molecule has 16 heavy (non-hydrogen) atoms. The fourth-order valence-corrected chi connectivity index (χ4v) is 2.60. The van der Waals surface area contributed by atoms with Crippen LogP contribution in [0.3, 0.4) is 0 Å². The summed E-state index contributed by atoms with van der Waals surface area (Å²) in [6.45, 7) is 4.50. The molecule has 0 heterocycles. The van der Waals surface area contributed by atoms with Crippen LogP contribution in [0, 0.1) is 0 Å². The first kappa shape index (κ1) is 14.0. The highest BCUT2D eigenvalue weighted by Gasteiger charge is 2.14. The highest BCUT2D eigenvalue weighted by atomic mass is 79.9. The molecule has 1 aromatic carbocycles. The predicted molar refractivity (Wildman–Crippen MR) is 71.8 cm³/mol. The minimum Gasteiger partial charge on any atom is -0.380 e. The van der Waals surface area contributed by atoms with Gasteiger partial charge in [0.15, 0.2) is 0 Å². The summed E-state index contributed by atoms with van der Waals surface area (Å²) in [7, 11) is 1.65. The van der Waals surface area contributed by atoms with Crippen LogP contribution < -0.4 is 5.73 Å². The molecular formula is C12H17BrClNO. The molecule has 0 fully saturated rings. The van der Waals surface area contributed by atoms with Gasteiger partial charge < -0.3 is 10.5 Å². The van der Waals surface area contributed by atoms with E-state index in [1.807, 2.05) is 19.9 Å². The minimum atomic E-state index is -0.231. The normalized spacial score (nSPS) is 11.9. The van der Waals surface area contributed by atoms with E-state index in [2.05, 4.69) is 22.0 Å². The fourth-order valence-electron chi connectivity index (χ4n) is 1.57. The Morgan fingerprint density at radius 2 is 2.06 bits per heavy atom. The van der Waals surface area contributed by atoms with Crippen LogP contribution in [-0.2, 0) is 17.8 Å². The van der Waals surface area contributed by atoms with Crippen LogP contribution in [0.5, 0.6) is 0 Å². The Morgan fingerprint density at radius 1 is 1.44 bits per heavy atom. The molecule has 0 aliphatic carbocycles. The molecule has 0 radical (unpaired) electrons. The van der Waals surface area contributed by atoms with Crippen LogP contribution in [0.15, 0.2) is 16.6 Å². The van der Waals surface area contributed by atoms with E-state index in [0.717, 1.165) is 27.0 Å². The summed E-state index contributed by atoms with van der Waals surface area (Å²) in [5.74, 6) is 0. The fraction of sp³-hybridized carbons (Fsp3) is 0.500. The molecule has 0 aromatic heterocycles. The summed E-state index contributed by atoms with van der Waals surface area (Å²) >= 11 is 9.69. The van der Waals surface area contributed by atoms with E-state index >= 15 is 0 Å². The zero-order chi connectivity index (χ0) is 12.3. The van der Waals surface area contributed by atoms with Crippen molar-refractivity contribution in [3.8, 4) is 0 Å². The Labute approximate surface area is 110 Å². The van der Waals surface area contributed by atoms with Gasteiger partial charge in [0.2, 0.25) is 0 Å². The lowest BCUT2D eigenvalue weighted by Crippen LogP contribution is -2.34. The number of benzene rings is 1. The summed E-state index contributed by atoms with van der Waals surface area (Å²) in [4.78, 5) is 0. The predicted octanol–water partition coefficient (Wildman–Crippen LogP) is 3.53. The Kier molecular flexibility index (Phi) is 4.80. The molecule has 0 amide bonds. The molecule has 1 rings (SSSR count). The van der Waals surface area contributed by atoms with Gasteiger partial charge in [0, 0.05) is 27.7 Å². The number of hydrogen-bond acceptors (Lipinski definition) is 2. The van der Waals surface area contributed by atoms with Crippen LogP contribution in [0.2, 0.25) is 5.02 Å². The van der Waals surface area contributed by atoms with Crippen LogP contribution >= 0.6 is 27.5 Å². The second kappa shape index (κ2) is 5.50. The molecule has 2 N–H and O–H groups in total. The summed E-state index contributed by atoms with van der Waals surface area (Å²) < 4.78 is 6.06. The van der Waals surface area contributed by atoms with Crippen molar-refractivity contribution in [2.45, 2.75) is 32.4 Å². The average Bonchev–Trinajstić information content (AvgIpc) is 2.08. The lowest BCUT2D eigenvalue weighted by molar-refractivity contribution is 0.184. The van der Waals surface area contributed by atoms with Crippen molar-refractivity contribution < 1.29 is 4.74 Å². The quantitative estimate of drug-likeness (QED) is 0.923. The molecule has 0 bridgehead atoms.